The van der Waals surface area contributed by atoms with E-state index in [9.17, 15) is 18.3 Å². The molecule has 0 aliphatic heterocycles. The highest BCUT2D eigenvalue weighted by molar-refractivity contribution is 7.91. The smallest absolute Gasteiger partial charge is 0.296 e. The Morgan fingerprint density at radius 3 is 2.16 bits per heavy atom. The third-order valence-corrected chi connectivity index (χ3v) is 6.86. The zero-order valence-electron chi connectivity index (χ0n) is 18.5. The van der Waals surface area contributed by atoms with Crippen molar-refractivity contribution in [3.8, 4) is 23.1 Å². The predicted molar refractivity (Wildman–Crippen MR) is 120 cm³/mol. The van der Waals surface area contributed by atoms with Crippen LogP contribution in [0.3, 0.4) is 0 Å². The number of nitrogens with zero attached hydrogens (tertiary/aromatic N) is 2. The molecule has 2 aromatic carbocycles. The number of aryl methyl sites for hydroxylation is 2. The van der Waals surface area contributed by atoms with E-state index in [1.807, 2.05) is 13.8 Å². The number of methoxy groups -OCH3 is 2. The molecular formula is C23H26N2O6S. The van der Waals surface area contributed by atoms with E-state index in [1.165, 1.54) is 30.9 Å². The van der Waals surface area contributed by atoms with Crippen molar-refractivity contribution in [1.29, 1.82) is 0 Å². The van der Waals surface area contributed by atoms with Crippen molar-refractivity contribution in [2.24, 2.45) is 0 Å². The summed E-state index contributed by atoms with van der Waals surface area (Å²) in [6.45, 7) is 3.79. The van der Waals surface area contributed by atoms with Crippen LogP contribution in [0.4, 0.5) is 0 Å². The van der Waals surface area contributed by atoms with Crippen molar-refractivity contribution in [3.63, 3.8) is 0 Å². The number of unbranched alkanes of at least 4 members (excludes halogenated alkanes) is 1. The molecule has 0 fully saturated rings. The topological polar surface area (TPSA) is 108 Å². The highest BCUT2D eigenvalue weighted by atomic mass is 32.2. The van der Waals surface area contributed by atoms with Gasteiger partial charge in [0, 0.05) is 6.42 Å². The lowest BCUT2D eigenvalue weighted by molar-refractivity contribution is 0.374. The van der Waals surface area contributed by atoms with Gasteiger partial charge in [-0.2, -0.15) is 4.98 Å². The van der Waals surface area contributed by atoms with Crippen LogP contribution in [0.25, 0.3) is 5.69 Å². The largest absolute Gasteiger partial charge is 0.494 e. The minimum absolute atomic E-state index is 0.114. The van der Waals surface area contributed by atoms with E-state index in [0.29, 0.717) is 24.3 Å². The Kier molecular flexibility index (Phi) is 6.88. The molecule has 3 aromatic rings. The van der Waals surface area contributed by atoms with Crippen LogP contribution in [-0.2, 0) is 16.3 Å². The maximum absolute atomic E-state index is 13.3. The Balaban J connectivity index is 2.40. The first-order valence-electron chi connectivity index (χ1n) is 10.1. The first kappa shape index (κ1) is 23.3. The minimum atomic E-state index is -4.35. The molecule has 170 valence electrons. The van der Waals surface area contributed by atoms with Crippen molar-refractivity contribution < 1.29 is 23.0 Å². The van der Waals surface area contributed by atoms with Crippen molar-refractivity contribution in [3.05, 3.63) is 64.2 Å². The molecule has 0 unspecified atom stereocenters. The molecule has 8 nitrogen and oxygen atoms in total. The van der Waals surface area contributed by atoms with Gasteiger partial charge in [-0.05, 0) is 37.6 Å². The van der Waals surface area contributed by atoms with Crippen LogP contribution in [-0.4, -0.2) is 37.3 Å². The van der Waals surface area contributed by atoms with Gasteiger partial charge < -0.3 is 14.6 Å². The number of hydrogen-bond acceptors (Lipinski definition) is 7. The van der Waals surface area contributed by atoms with Gasteiger partial charge in [0.05, 0.1) is 19.1 Å². The lowest BCUT2D eigenvalue weighted by Gasteiger charge is -2.21. The summed E-state index contributed by atoms with van der Waals surface area (Å²) in [5.41, 5.74) is 0.102. The molecule has 0 saturated carbocycles. The molecule has 1 heterocycles. The standard InChI is InChI=1S/C23H26N2O6S/c1-5-6-10-19-24-22(26)21(32(28,29)16-13-11-15(2)12-14-16)23(27)25(19)20-17(30-3)8-7-9-18(20)31-4/h7-9,11-14,27H,5-6,10H2,1-4H3. The molecule has 3 rings (SSSR count). The lowest BCUT2D eigenvalue weighted by atomic mass is 10.2. The number of benzene rings is 2. The third-order valence-electron chi connectivity index (χ3n) is 5.08. The van der Waals surface area contributed by atoms with Gasteiger partial charge in [0.15, 0.2) is 4.90 Å². The Bertz CT molecular complexity index is 1260. The van der Waals surface area contributed by atoms with Crippen molar-refractivity contribution in [2.75, 3.05) is 14.2 Å². The number of para-hydroxylation sites is 1. The Labute approximate surface area is 187 Å². The number of ether oxygens (including phenoxy) is 2. The molecule has 0 aliphatic rings. The molecule has 0 spiro atoms. The molecule has 0 amide bonds. The second kappa shape index (κ2) is 9.44. The van der Waals surface area contributed by atoms with Gasteiger partial charge in [0.1, 0.15) is 23.0 Å². The summed E-state index contributed by atoms with van der Waals surface area (Å²) in [5.74, 6) is 0.113. The fourth-order valence-corrected chi connectivity index (χ4v) is 4.73. The number of sulfone groups is 1. The van der Waals surface area contributed by atoms with Crippen LogP contribution in [0.2, 0.25) is 0 Å². The van der Waals surface area contributed by atoms with Crippen LogP contribution in [0.5, 0.6) is 17.4 Å². The van der Waals surface area contributed by atoms with E-state index in [0.717, 1.165) is 12.0 Å². The molecule has 1 N–H and O–H groups in total. The summed E-state index contributed by atoms with van der Waals surface area (Å²) in [6.07, 6.45) is 1.82. The zero-order chi connectivity index (χ0) is 23.5. The van der Waals surface area contributed by atoms with Gasteiger partial charge in [0.2, 0.25) is 15.7 Å². The SMILES string of the molecule is CCCCc1nc(=O)c(S(=O)(=O)c2ccc(C)cc2)c(O)n1-c1c(OC)cccc1OC. The normalized spacial score (nSPS) is 11.4. The zero-order valence-corrected chi connectivity index (χ0v) is 19.3. The molecule has 32 heavy (non-hydrogen) atoms. The van der Waals surface area contributed by atoms with E-state index in [2.05, 4.69) is 4.98 Å². The Morgan fingerprint density at radius 2 is 1.62 bits per heavy atom. The van der Waals surface area contributed by atoms with Crippen molar-refractivity contribution >= 4 is 9.84 Å². The Hall–Kier alpha value is -3.33. The van der Waals surface area contributed by atoms with Gasteiger partial charge in [-0.25, -0.2) is 8.42 Å². The Morgan fingerprint density at radius 1 is 1.03 bits per heavy atom. The third kappa shape index (κ3) is 4.20. The first-order valence-corrected chi connectivity index (χ1v) is 11.6. The summed E-state index contributed by atoms with van der Waals surface area (Å²) in [6, 6.07) is 11.0. The fraction of sp³-hybridized carbons (Fsp3) is 0.304. The van der Waals surface area contributed by atoms with Gasteiger partial charge in [-0.1, -0.05) is 37.1 Å². The average Bonchev–Trinajstić information content (AvgIpc) is 2.77. The summed E-state index contributed by atoms with van der Waals surface area (Å²) >= 11 is 0. The van der Waals surface area contributed by atoms with E-state index in [-0.39, 0.29) is 16.4 Å². The van der Waals surface area contributed by atoms with E-state index in [4.69, 9.17) is 9.47 Å². The van der Waals surface area contributed by atoms with Crippen molar-refractivity contribution in [2.45, 2.75) is 42.9 Å². The minimum Gasteiger partial charge on any atom is -0.494 e. The molecule has 0 aliphatic carbocycles. The van der Waals surface area contributed by atoms with E-state index in [1.54, 1.807) is 30.3 Å². The predicted octanol–water partition coefficient (Wildman–Crippen LogP) is 3.44. The van der Waals surface area contributed by atoms with Crippen LogP contribution in [0, 0.1) is 6.92 Å². The molecule has 0 bridgehead atoms. The first-order chi connectivity index (χ1) is 15.3. The summed E-state index contributed by atoms with van der Waals surface area (Å²) in [5, 5.41) is 11.2. The van der Waals surface area contributed by atoms with Crippen LogP contribution in [0.15, 0.2) is 57.1 Å². The number of rotatable bonds is 8. The molecule has 0 saturated heterocycles. The summed E-state index contributed by atoms with van der Waals surface area (Å²) in [4.78, 5) is 16.0. The number of aromatic nitrogens is 2. The molecule has 1 aromatic heterocycles. The monoisotopic (exact) mass is 458 g/mol. The quantitative estimate of drug-likeness (QED) is 0.551. The molecule has 9 heteroatoms. The van der Waals surface area contributed by atoms with Crippen molar-refractivity contribution in [1.82, 2.24) is 9.55 Å². The average molecular weight is 459 g/mol. The van der Waals surface area contributed by atoms with Crippen LogP contribution < -0.4 is 15.0 Å². The molecule has 0 atom stereocenters. The van der Waals surface area contributed by atoms with Gasteiger partial charge >= 0.3 is 0 Å². The fourth-order valence-electron chi connectivity index (χ4n) is 3.40. The van der Waals surface area contributed by atoms with Gasteiger partial charge in [-0.3, -0.25) is 9.36 Å². The van der Waals surface area contributed by atoms with E-state index >= 15 is 0 Å². The number of hydrogen-bond donors (Lipinski definition) is 1. The second-order valence-corrected chi connectivity index (χ2v) is 9.14. The maximum Gasteiger partial charge on any atom is 0.296 e. The molecule has 0 radical (unpaired) electrons. The van der Waals surface area contributed by atoms with Crippen LogP contribution >= 0.6 is 0 Å². The lowest BCUT2D eigenvalue weighted by Crippen LogP contribution is -2.25. The number of aromatic hydroxyl groups is 1. The van der Waals surface area contributed by atoms with Crippen LogP contribution in [0.1, 0.15) is 31.2 Å². The highest BCUT2D eigenvalue weighted by Gasteiger charge is 2.31. The van der Waals surface area contributed by atoms with Gasteiger partial charge in [0.25, 0.3) is 5.56 Å². The van der Waals surface area contributed by atoms with E-state index < -0.39 is 26.2 Å². The highest BCUT2D eigenvalue weighted by Crippen LogP contribution is 2.38. The molecular weight excluding hydrogens is 432 g/mol. The van der Waals surface area contributed by atoms with Gasteiger partial charge in [-0.15, -0.1) is 0 Å². The second-order valence-electron chi connectivity index (χ2n) is 7.25. The summed E-state index contributed by atoms with van der Waals surface area (Å²) in [7, 11) is -1.46. The maximum atomic E-state index is 13.3. The summed E-state index contributed by atoms with van der Waals surface area (Å²) < 4.78 is 38.8.